The lowest BCUT2D eigenvalue weighted by Gasteiger charge is -2.41. The van der Waals surface area contributed by atoms with Crippen molar-refractivity contribution in [1.29, 1.82) is 5.26 Å². The lowest BCUT2D eigenvalue weighted by molar-refractivity contribution is -0.0436. The number of carboxylic acid groups (broad SMARTS) is 1. The van der Waals surface area contributed by atoms with Crippen LogP contribution in [0.4, 0.5) is 25.0 Å². The SMILES string of the molecule is CC(C)(C#N)C[C@H]1CNc2cc(N(C(=O)O)C(C)(C)C(C)(F)F)ccc2O1. The standard InChI is InChI=1S/C19H25F2N3O3/c1-17(2,11-22)9-13-10-23-14-8-12(6-7-15(14)27-13)24(16(25)26)18(3,4)19(5,20)21/h6-8,13,23H,9-10H2,1-5H3,(H,25,26)/t13-/m0/s1. The number of amides is 1. The molecule has 0 spiro atoms. The zero-order chi connectivity index (χ0) is 20.6. The molecule has 0 fully saturated rings. The van der Waals surface area contributed by atoms with Gasteiger partial charge in [-0.1, -0.05) is 0 Å². The third-order valence-corrected chi connectivity index (χ3v) is 4.90. The summed E-state index contributed by atoms with van der Waals surface area (Å²) in [6.45, 7) is 7.15. The van der Waals surface area contributed by atoms with Gasteiger partial charge in [-0.2, -0.15) is 5.26 Å². The molecule has 148 valence electrons. The molecule has 0 aliphatic carbocycles. The molecule has 1 aliphatic rings. The van der Waals surface area contributed by atoms with Crippen LogP contribution in [-0.2, 0) is 0 Å². The zero-order valence-corrected chi connectivity index (χ0v) is 16.1. The number of ether oxygens (including phenoxy) is 1. The van der Waals surface area contributed by atoms with E-state index in [4.69, 9.17) is 10.00 Å². The number of fused-ring (bicyclic) bond motifs is 1. The van der Waals surface area contributed by atoms with Gasteiger partial charge in [0.1, 0.15) is 17.4 Å². The van der Waals surface area contributed by atoms with E-state index in [9.17, 15) is 18.7 Å². The number of rotatable bonds is 5. The third kappa shape index (κ3) is 4.24. The molecule has 1 aliphatic heterocycles. The summed E-state index contributed by atoms with van der Waals surface area (Å²) >= 11 is 0. The summed E-state index contributed by atoms with van der Waals surface area (Å²) in [6, 6.07) is 6.72. The van der Waals surface area contributed by atoms with Crippen molar-refractivity contribution < 1.29 is 23.4 Å². The summed E-state index contributed by atoms with van der Waals surface area (Å²) < 4.78 is 33.9. The molecular weight excluding hydrogens is 356 g/mol. The monoisotopic (exact) mass is 381 g/mol. The molecule has 0 aromatic heterocycles. The second kappa shape index (κ2) is 6.87. The summed E-state index contributed by atoms with van der Waals surface area (Å²) in [5, 5.41) is 21.8. The van der Waals surface area contributed by atoms with Crippen molar-refractivity contribution in [2.24, 2.45) is 5.41 Å². The summed E-state index contributed by atoms with van der Waals surface area (Å²) in [5.74, 6) is -2.76. The number of nitrogens with one attached hydrogen (secondary N) is 1. The number of carbonyl (C=O) groups is 1. The molecule has 1 heterocycles. The molecule has 6 nitrogen and oxygen atoms in total. The molecule has 1 amide bonds. The van der Waals surface area contributed by atoms with Crippen molar-refractivity contribution in [3.05, 3.63) is 18.2 Å². The van der Waals surface area contributed by atoms with Crippen LogP contribution < -0.4 is 15.0 Å². The van der Waals surface area contributed by atoms with Crippen LogP contribution in [0.5, 0.6) is 5.75 Å². The summed E-state index contributed by atoms with van der Waals surface area (Å²) in [4.78, 5) is 12.4. The minimum absolute atomic E-state index is 0.125. The van der Waals surface area contributed by atoms with Gasteiger partial charge in [-0.25, -0.2) is 13.6 Å². The first-order valence-corrected chi connectivity index (χ1v) is 8.65. The van der Waals surface area contributed by atoms with Crippen LogP contribution in [0.1, 0.15) is 41.0 Å². The minimum Gasteiger partial charge on any atom is -0.486 e. The Balaban J connectivity index is 2.31. The Bertz CT molecular complexity index is 766. The second-order valence-corrected chi connectivity index (χ2v) is 8.07. The number of hydrogen-bond donors (Lipinski definition) is 2. The van der Waals surface area contributed by atoms with Crippen LogP contribution in [-0.4, -0.2) is 35.3 Å². The van der Waals surface area contributed by atoms with Gasteiger partial charge in [0, 0.05) is 13.3 Å². The van der Waals surface area contributed by atoms with E-state index >= 15 is 0 Å². The number of halogens is 2. The van der Waals surface area contributed by atoms with E-state index in [1.807, 2.05) is 13.8 Å². The highest BCUT2D eigenvalue weighted by Gasteiger charge is 2.49. The molecule has 1 aromatic rings. The summed E-state index contributed by atoms with van der Waals surface area (Å²) in [5.41, 5.74) is -1.83. The highest BCUT2D eigenvalue weighted by Crippen LogP contribution is 2.40. The van der Waals surface area contributed by atoms with Gasteiger partial charge in [0.25, 0.3) is 5.92 Å². The predicted octanol–water partition coefficient (Wildman–Crippen LogP) is 4.72. The normalized spacial score (nSPS) is 17.2. The van der Waals surface area contributed by atoms with Gasteiger partial charge in [-0.05, 0) is 45.9 Å². The number of hydrogen-bond acceptors (Lipinski definition) is 4. The van der Waals surface area contributed by atoms with E-state index in [1.165, 1.54) is 26.0 Å². The quantitative estimate of drug-likeness (QED) is 0.771. The molecule has 0 unspecified atom stereocenters. The predicted molar refractivity (Wildman–Crippen MR) is 98.6 cm³/mol. The van der Waals surface area contributed by atoms with Crippen molar-refractivity contribution in [3.63, 3.8) is 0 Å². The van der Waals surface area contributed by atoms with Crippen LogP contribution in [0.25, 0.3) is 0 Å². The first-order valence-electron chi connectivity index (χ1n) is 8.65. The Morgan fingerprint density at radius 3 is 2.52 bits per heavy atom. The fourth-order valence-corrected chi connectivity index (χ4v) is 2.94. The number of anilines is 2. The third-order valence-electron chi connectivity index (χ3n) is 4.90. The van der Waals surface area contributed by atoms with Gasteiger partial charge in [-0.15, -0.1) is 0 Å². The zero-order valence-electron chi connectivity index (χ0n) is 16.1. The van der Waals surface area contributed by atoms with E-state index in [1.54, 1.807) is 6.07 Å². The number of nitriles is 1. The maximum Gasteiger partial charge on any atom is 0.412 e. The molecule has 27 heavy (non-hydrogen) atoms. The Labute approximate surface area is 157 Å². The number of nitrogens with zero attached hydrogens (tertiary/aromatic N) is 2. The topological polar surface area (TPSA) is 85.6 Å². The van der Waals surface area contributed by atoms with E-state index in [0.717, 1.165) is 0 Å². The first-order chi connectivity index (χ1) is 12.3. The Morgan fingerprint density at radius 2 is 2.00 bits per heavy atom. The van der Waals surface area contributed by atoms with Crippen molar-refractivity contribution in [3.8, 4) is 11.8 Å². The lowest BCUT2D eigenvalue weighted by atomic mass is 9.88. The molecule has 8 heteroatoms. The Morgan fingerprint density at radius 1 is 1.37 bits per heavy atom. The molecule has 0 saturated carbocycles. The summed E-state index contributed by atoms with van der Waals surface area (Å²) in [7, 11) is 0. The molecule has 0 radical (unpaired) electrons. The average Bonchev–Trinajstić information content (AvgIpc) is 2.53. The van der Waals surface area contributed by atoms with Crippen molar-refractivity contribution in [1.82, 2.24) is 0 Å². The van der Waals surface area contributed by atoms with Gasteiger partial charge in [-0.3, -0.25) is 4.90 Å². The minimum atomic E-state index is -3.25. The molecule has 2 N–H and O–H groups in total. The van der Waals surface area contributed by atoms with Crippen LogP contribution in [0.3, 0.4) is 0 Å². The molecule has 0 saturated heterocycles. The van der Waals surface area contributed by atoms with Crippen molar-refractivity contribution >= 4 is 17.5 Å². The average molecular weight is 381 g/mol. The number of benzene rings is 1. The smallest absolute Gasteiger partial charge is 0.412 e. The van der Waals surface area contributed by atoms with Crippen molar-refractivity contribution in [2.45, 2.75) is 58.6 Å². The Kier molecular flexibility index (Phi) is 5.28. The highest BCUT2D eigenvalue weighted by atomic mass is 19.3. The second-order valence-electron chi connectivity index (χ2n) is 8.07. The van der Waals surface area contributed by atoms with Gasteiger partial charge >= 0.3 is 6.09 Å². The first kappa shape index (κ1) is 20.7. The van der Waals surface area contributed by atoms with Gasteiger partial charge in [0.15, 0.2) is 0 Å². The lowest BCUT2D eigenvalue weighted by Crippen LogP contribution is -2.57. The fraction of sp³-hybridized carbons (Fsp3) is 0.579. The maximum atomic E-state index is 14.0. The highest BCUT2D eigenvalue weighted by molar-refractivity contribution is 5.89. The van der Waals surface area contributed by atoms with Gasteiger partial charge in [0.2, 0.25) is 0 Å². The van der Waals surface area contributed by atoms with Crippen LogP contribution in [0, 0.1) is 16.7 Å². The van der Waals surface area contributed by atoms with Crippen molar-refractivity contribution in [2.75, 3.05) is 16.8 Å². The molecular formula is C19H25F2N3O3. The largest absolute Gasteiger partial charge is 0.486 e. The van der Waals surface area contributed by atoms with Crippen LogP contribution in [0.2, 0.25) is 0 Å². The molecule has 1 aromatic carbocycles. The van der Waals surface area contributed by atoms with E-state index in [0.29, 0.717) is 36.2 Å². The fourth-order valence-electron chi connectivity index (χ4n) is 2.94. The van der Waals surface area contributed by atoms with Gasteiger partial charge in [0.05, 0.1) is 29.4 Å². The summed E-state index contributed by atoms with van der Waals surface area (Å²) in [6.07, 6.45) is -1.16. The molecule has 0 bridgehead atoms. The number of alkyl halides is 2. The maximum absolute atomic E-state index is 14.0. The van der Waals surface area contributed by atoms with Gasteiger partial charge < -0.3 is 15.2 Å². The molecule has 1 atom stereocenters. The molecule has 2 rings (SSSR count). The van der Waals surface area contributed by atoms with Crippen LogP contribution >= 0.6 is 0 Å². The van der Waals surface area contributed by atoms with Crippen LogP contribution in [0.15, 0.2) is 18.2 Å². The van der Waals surface area contributed by atoms with E-state index in [-0.39, 0.29) is 11.8 Å². The van der Waals surface area contributed by atoms with E-state index < -0.39 is 23.0 Å². The Hall–Kier alpha value is -2.56. The van der Waals surface area contributed by atoms with E-state index in [2.05, 4.69) is 11.4 Å².